The number of halogens is 4. The number of non-ortho nitro benzene ring substituents is 1. The Balaban J connectivity index is 0.00000363. The summed E-state index contributed by atoms with van der Waals surface area (Å²) in [7, 11) is 0. The van der Waals surface area contributed by atoms with E-state index in [0.717, 1.165) is 16.9 Å². The summed E-state index contributed by atoms with van der Waals surface area (Å²) in [5.74, 6) is 0.771. The minimum Gasteiger partial charge on any atom is -0.489 e. The topological polar surface area (TPSA) is 76.4 Å². The van der Waals surface area contributed by atoms with Gasteiger partial charge in [0.15, 0.2) is 0 Å². The average Bonchev–Trinajstić information content (AvgIpc) is 2.74. The summed E-state index contributed by atoms with van der Waals surface area (Å²) in [5, 5.41) is 18.7. The van der Waals surface area contributed by atoms with Crippen LogP contribution in [0.25, 0.3) is 0 Å². The molecule has 0 heterocycles. The van der Waals surface area contributed by atoms with E-state index in [2.05, 4.69) is 10.6 Å². The number of nitro benzene ring substituents is 1. The lowest BCUT2D eigenvalue weighted by Crippen LogP contribution is -2.22. The molecule has 0 aromatic heterocycles. The predicted molar refractivity (Wildman–Crippen MR) is 133 cm³/mol. The quantitative estimate of drug-likeness (QED) is 0.177. The molecule has 32 heavy (non-hydrogen) atoms. The fourth-order valence-electron chi connectivity index (χ4n) is 2.85. The van der Waals surface area contributed by atoms with E-state index in [-0.39, 0.29) is 18.1 Å². The molecule has 0 unspecified atom stereocenters. The number of nitro groups is 1. The van der Waals surface area contributed by atoms with Crippen molar-refractivity contribution in [1.82, 2.24) is 5.32 Å². The molecule has 0 spiro atoms. The number of ether oxygens (including phenoxy) is 1. The number of hydrogen-bond acceptors (Lipinski definition) is 5. The second kappa shape index (κ2) is 12.7. The number of benzene rings is 3. The van der Waals surface area contributed by atoms with E-state index in [9.17, 15) is 10.1 Å². The summed E-state index contributed by atoms with van der Waals surface area (Å²) in [6.07, 6.45) is 0. The highest BCUT2D eigenvalue weighted by Crippen LogP contribution is 2.27. The van der Waals surface area contributed by atoms with Crippen LogP contribution in [0.15, 0.2) is 60.7 Å². The van der Waals surface area contributed by atoms with Crippen LogP contribution in [0.1, 0.15) is 11.1 Å². The van der Waals surface area contributed by atoms with Gasteiger partial charge in [0.25, 0.3) is 5.69 Å². The Kier molecular flexibility index (Phi) is 10.4. The van der Waals surface area contributed by atoms with E-state index >= 15 is 0 Å². The first-order valence-corrected chi connectivity index (χ1v) is 10.6. The van der Waals surface area contributed by atoms with Crippen LogP contribution in [-0.4, -0.2) is 18.0 Å². The third-order valence-corrected chi connectivity index (χ3v) is 5.37. The van der Waals surface area contributed by atoms with Crippen LogP contribution in [0.3, 0.4) is 0 Å². The Labute approximate surface area is 207 Å². The zero-order valence-electron chi connectivity index (χ0n) is 16.8. The summed E-state index contributed by atoms with van der Waals surface area (Å²) in [4.78, 5) is 10.3. The smallest absolute Gasteiger partial charge is 0.271 e. The third-order valence-electron chi connectivity index (χ3n) is 4.47. The monoisotopic (exact) mass is 515 g/mol. The molecule has 10 heteroatoms. The van der Waals surface area contributed by atoms with Gasteiger partial charge in [-0.25, -0.2) is 0 Å². The molecule has 0 aliphatic carbocycles. The molecule has 0 aliphatic heterocycles. The lowest BCUT2D eigenvalue weighted by atomic mass is 10.2. The number of hydrogen-bond donors (Lipinski definition) is 2. The van der Waals surface area contributed by atoms with Crippen LogP contribution in [-0.2, 0) is 13.2 Å². The van der Waals surface area contributed by atoms with Crippen molar-refractivity contribution in [3.05, 3.63) is 97.0 Å². The molecule has 0 fully saturated rings. The van der Waals surface area contributed by atoms with Gasteiger partial charge >= 0.3 is 0 Å². The summed E-state index contributed by atoms with van der Waals surface area (Å²) in [6.45, 7) is 2.21. The maximum Gasteiger partial charge on any atom is 0.271 e. The number of nitrogens with one attached hydrogen (secondary N) is 2. The molecular formula is C22H21Cl4N3O3. The second-order valence-electron chi connectivity index (χ2n) is 6.66. The minimum atomic E-state index is -0.475. The number of anilines is 1. The van der Waals surface area contributed by atoms with Gasteiger partial charge in [-0.05, 0) is 24.3 Å². The first-order valence-electron chi connectivity index (χ1n) is 9.47. The third kappa shape index (κ3) is 7.43. The van der Waals surface area contributed by atoms with Gasteiger partial charge in [0.05, 0.1) is 15.6 Å². The Morgan fingerprint density at radius 2 is 1.69 bits per heavy atom. The van der Waals surface area contributed by atoms with Crippen LogP contribution in [0.5, 0.6) is 5.75 Å². The average molecular weight is 517 g/mol. The first-order chi connectivity index (χ1) is 14.9. The minimum absolute atomic E-state index is 0. The van der Waals surface area contributed by atoms with Gasteiger partial charge in [-0.1, -0.05) is 59.1 Å². The van der Waals surface area contributed by atoms with Gasteiger partial charge in [-0.2, -0.15) is 0 Å². The van der Waals surface area contributed by atoms with Crippen molar-refractivity contribution >= 4 is 58.6 Å². The molecular weight excluding hydrogens is 496 g/mol. The van der Waals surface area contributed by atoms with E-state index in [1.54, 1.807) is 18.2 Å². The zero-order valence-corrected chi connectivity index (χ0v) is 19.9. The fourth-order valence-corrected chi connectivity index (χ4v) is 3.56. The Hall–Kier alpha value is -2.22. The van der Waals surface area contributed by atoms with E-state index in [1.165, 1.54) is 12.1 Å². The molecule has 3 aromatic carbocycles. The second-order valence-corrected chi connectivity index (χ2v) is 7.91. The van der Waals surface area contributed by atoms with Gasteiger partial charge in [0.1, 0.15) is 12.4 Å². The van der Waals surface area contributed by atoms with Crippen LogP contribution < -0.4 is 15.4 Å². The van der Waals surface area contributed by atoms with Gasteiger partial charge in [-0.3, -0.25) is 10.1 Å². The van der Waals surface area contributed by atoms with Gasteiger partial charge in [-0.15, -0.1) is 12.4 Å². The Morgan fingerprint density at radius 3 is 2.41 bits per heavy atom. The van der Waals surface area contributed by atoms with E-state index in [0.29, 0.717) is 47.0 Å². The SMILES string of the molecule is Cl.O=[N+]([O-])c1ccc(NCCNCc2ccccc2OCc2ccc(Cl)cc2Cl)c(Cl)c1. The number of para-hydroxylation sites is 1. The molecule has 3 aromatic rings. The molecule has 170 valence electrons. The molecule has 0 saturated carbocycles. The van der Waals surface area contributed by atoms with E-state index in [1.807, 2.05) is 30.3 Å². The van der Waals surface area contributed by atoms with Crippen LogP contribution in [0.2, 0.25) is 15.1 Å². The van der Waals surface area contributed by atoms with Crippen molar-refractivity contribution in [1.29, 1.82) is 0 Å². The largest absolute Gasteiger partial charge is 0.489 e. The fraction of sp³-hybridized carbons (Fsp3) is 0.182. The highest BCUT2D eigenvalue weighted by molar-refractivity contribution is 6.35. The molecule has 0 radical (unpaired) electrons. The van der Waals surface area contributed by atoms with E-state index < -0.39 is 4.92 Å². The van der Waals surface area contributed by atoms with Crippen molar-refractivity contribution in [2.75, 3.05) is 18.4 Å². The number of nitrogens with zero attached hydrogens (tertiary/aromatic N) is 1. The Bertz CT molecular complexity index is 1070. The summed E-state index contributed by atoms with van der Waals surface area (Å²) in [6, 6.07) is 17.5. The standard InChI is InChI=1S/C22H20Cl3N3O3.ClH/c23-17-6-5-16(19(24)11-17)14-31-22-4-2-1-3-15(22)13-26-9-10-27-21-8-7-18(28(29)30)12-20(21)25;/h1-8,11-12,26-27H,9-10,13-14H2;1H. The predicted octanol–water partition coefficient (Wildman–Crippen LogP) is 6.76. The first kappa shape index (κ1) is 26.0. The Morgan fingerprint density at radius 1 is 0.906 bits per heavy atom. The zero-order chi connectivity index (χ0) is 22.2. The van der Waals surface area contributed by atoms with E-state index in [4.69, 9.17) is 39.5 Å². The van der Waals surface area contributed by atoms with Crippen molar-refractivity contribution in [2.24, 2.45) is 0 Å². The molecule has 0 atom stereocenters. The van der Waals surface area contributed by atoms with Gasteiger partial charge in [0, 0.05) is 52.9 Å². The number of rotatable bonds is 10. The maximum absolute atomic E-state index is 10.8. The van der Waals surface area contributed by atoms with Crippen LogP contribution >= 0.6 is 47.2 Å². The summed E-state index contributed by atoms with van der Waals surface area (Å²) < 4.78 is 5.96. The van der Waals surface area contributed by atoms with Crippen LogP contribution in [0, 0.1) is 10.1 Å². The van der Waals surface area contributed by atoms with Crippen molar-refractivity contribution in [2.45, 2.75) is 13.2 Å². The summed E-state index contributed by atoms with van der Waals surface area (Å²) in [5.41, 5.74) is 2.49. The highest BCUT2D eigenvalue weighted by atomic mass is 35.5. The molecule has 2 N–H and O–H groups in total. The maximum atomic E-state index is 10.8. The lowest BCUT2D eigenvalue weighted by Gasteiger charge is -2.14. The molecule has 0 aliphatic rings. The van der Waals surface area contributed by atoms with Crippen molar-refractivity contribution in [3.63, 3.8) is 0 Å². The van der Waals surface area contributed by atoms with Crippen molar-refractivity contribution < 1.29 is 9.66 Å². The van der Waals surface area contributed by atoms with Gasteiger partial charge < -0.3 is 15.4 Å². The summed E-state index contributed by atoms with van der Waals surface area (Å²) >= 11 is 18.2. The molecule has 0 bridgehead atoms. The highest BCUT2D eigenvalue weighted by Gasteiger charge is 2.09. The molecule has 6 nitrogen and oxygen atoms in total. The molecule has 0 saturated heterocycles. The lowest BCUT2D eigenvalue weighted by molar-refractivity contribution is -0.384. The van der Waals surface area contributed by atoms with Crippen molar-refractivity contribution in [3.8, 4) is 5.75 Å². The molecule has 0 amide bonds. The van der Waals surface area contributed by atoms with Gasteiger partial charge in [0.2, 0.25) is 0 Å². The normalized spacial score (nSPS) is 10.3. The van der Waals surface area contributed by atoms with Crippen LogP contribution in [0.4, 0.5) is 11.4 Å². The molecule has 3 rings (SSSR count).